The summed E-state index contributed by atoms with van der Waals surface area (Å²) < 4.78 is 12.3. The summed E-state index contributed by atoms with van der Waals surface area (Å²) in [5, 5.41) is 0.448. The number of halogens is 2. The van der Waals surface area contributed by atoms with Gasteiger partial charge in [0, 0.05) is 11.0 Å². The molecule has 1 aromatic rings. The Hall–Kier alpha value is -0.210. The van der Waals surface area contributed by atoms with E-state index >= 15 is 0 Å². The Morgan fingerprint density at radius 2 is 2.40 bits per heavy atom. The third kappa shape index (κ3) is 1.64. The van der Waals surface area contributed by atoms with Crippen molar-refractivity contribution >= 4 is 23.4 Å². The van der Waals surface area contributed by atoms with Crippen molar-refractivity contribution in [3.63, 3.8) is 0 Å². The van der Waals surface area contributed by atoms with Gasteiger partial charge in [0.05, 0.1) is 5.02 Å². The molecule has 0 aliphatic carbocycles. The predicted octanol–water partition coefficient (Wildman–Crippen LogP) is 3.00. The van der Waals surface area contributed by atoms with E-state index in [9.17, 15) is 4.39 Å². The highest BCUT2D eigenvalue weighted by molar-refractivity contribution is 7.98. The van der Waals surface area contributed by atoms with Crippen molar-refractivity contribution in [1.82, 2.24) is 0 Å². The van der Waals surface area contributed by atoms with E-state index in [0.29, 0.717) is 5.02 Å². The third-order valence-corrected chi connectivity index (χ3v) is 2.25. The molecule has 0 unspecified atom stereocenters. The molecule has 0 aliphatic rings. The Kier molecular flexibility index (Phi) is 2.57. The lowest BCUT2D eigenvalue weighted by Gasteiger charge is -1.97. The van der Waals surface area contributed by atoms with Gasteiger partial charge in [-0.05, 0) is 18.4 Å². The van der Waals surface area contributed by atoms with Crippen LogP contribution in [0.1, 0.15) is 0 Å². The van der Waals surface area contributed by atoms with Crippen LogP contribution in [-0.4, -0.2) is 6.26 Å². The largest absolute Gasteiger partial charge is 0.206 e. The fraction of sp³-hybridized carbons (Fsp3) is 0.143. The van der Waals surface area contributed by atoms with E-state index in [1.54, 1.807) is 6.07 Å². The van der Waals surface area contributed by atoms with Gasteiger partial charge in [0.2, 0.25) is 0 Å². The summed E-state index contributed by atoms with van der Waals surface area (Å²) in [5.74, 6) is -0.414. The molecule has 1 radical (unpaired) electrons. The number of thioether (sulfide) groups is 1. The topological polar surface area (TPSA) is 0 Å². The van der Waals surface area contributed by atoms with Gasteiger partial charge in [-0.3, -0.25) is 0 Å². The van der Waals surface area contributed by atoms with Crippen molar-refractivity contribution in [3.05, 3.63) is 29.0 Å². The minimum Gasteiger partial charge on any atom is -0.206 e. The van der Waals surface area contributed by atoms with E-state index in [0.717, 1.165) is 4.90 Å². The second-order valence-corrected chi connectivity index (χ2v) is 2.95. The zero-order valence-electron chi connectivity index (χ0n) is 5.32. The van der Waals surface area contributed by atoms with Gasteiger partial charge < -0.3 is 0 Å². The van der Waals surface area contributed by atoms with Gasteiger partial charge in [0.15, 0.2) is 0 Å². The van der Waals surface area contributed by atoms with Crippen molar-refractivity contribution < 1.29 is 4.39 Å². The van der Waals surface area contributed by atoms with Crippen LogP contribution < -0.4 is 0 Å². The maximum Gasteiger partial charge on any atom is 0.132 e. The van der Waals surface area contributed by atoms with E-state index < -0.39 is 5.82 Å². The molecule has 1 aromatic carbocycles. The molecule has 0 saturated carbocycles. The van der Waals surface area contributed by atoms with Crippen molar-refractivity contribution in [2.24, 2.45) is 0 Å². The standard InChI is InChI=1S/C7H5ClFS/c1-10-7-3-2-5(9)4-6(7)8/h3-4H,1H3. The highest BCUT2D eigenvalue weighted by Crippen LogP contribution is 2.24. The van der Waals surface area contributed by atoms with Gasteiger partial charge in [0.1, 0.15) is 5.82 Å². The van der Waals surface area contributed by atoms with Gasteiger partial charge in [-0.15, -0.1) is 11.8 Å². The van der Waals surface area contributed by atoms with Gasteiger partial charge in [-0.2, -0.15) is 0 Å². The Labute approximate surface area is 68.4 Å². The van der Waals surface area contributed by atoms with E-state index in [4.69, 9.17) is 11.6 Å². The van der Waals surface area contributed by atoms with Crippen molar-refractivity contribution in [2.45, 2.75) is 4.90 Å². The number of hydrogen-bond donors (Lipinski definition) is 0. The van der Waals surface area contributed by atoms with E-state index in [-0.39, 0.29) is 0 Å². The van der Waals surface area contributed by atoms with Crippen LogP contribution in [0.2, 0.25) is 5.02 Å². The number of benzene rings is 1. The molecule has 1 rings (SSSR count). The third-order valence-electron chi connectivity index (χ3n) is 1.05. The zero-order valence-corrected chi connectivity index (χ0v) is 6.89. The first-order valence-electron chi connectivity index (χ1n) is 2.65. The minimum atomic E-state index is -0.414. The highest BCUT2D eigenvalue weighted by atomic mass is 35.5. The van der Waals surface area contributed by atoms with Crippen molar-refractivity contribution in [1.29, 1.82) is 0 Å². The van der Waals surface area contributed by atoms with Crippen molar-refractivity contribution in [3.8, 4) is 0 Å². The average Bonchev–Trinajstić information content (AvgIpc) is 1.88. The van der Waals surface area contributed by atoms with Crippen LogP contribution in [-0.2, 0) is 0 Å². The fourth-order valence-electron chi connectivity index (χ4n) is 0.584. The van der Waals surface area contributed by atoms with Crippen LogP contribution in [0.25, 0.3) is 0 Å². The molecule has 0 fully saturated rings. The average molecular weight is 176 g/mol. The summed E-state index contributed by atoms with van der Waals surface area (Å²) in [6.07, 6.45) is 1.88. The van der Waals surface area contributed by atoms with Crippen molar-refractivity contribution in [2.75, 3.05) is 6.26 Å². The van der Waals surface area contributed by atoms with Crippen LogP contribution in [0, 0.1) is 11.9 Å². The molecular formula is C7H5ClFS. The summed E-state index contributed by atoms with van der Waals surface area (Å²) >= 11 is 7.12. The van der Waals surface area contributed by atoms with Gasteiger partial charge in [0.25, 0.3) is 0 Å². The molecule has 0 amide bonds. The second kappa shape index (κ2) is 3.26. The molecule has 0 aromatic heterocycles. The molecule has 0 nitrogen and oxygen atoms in total. The van der Waals surface area contributed by atoms with Gasteiger partial charge in [-0.25, -0.2) is 4.39 Å². The van der Waals surface area contributed by atoms with Crippen LogP contribution in [0.3, 0.4) is 0 Å². The molecule has 0 spiro atoms. The first-order chi connectivity index (χ1) is 4.74. The monoisotopic (exact) mass is 175 g/mol. The Morgan fingerprint density at radius 3 is 2.90 bits per heavy atom. The summed E-state index contributed by atoms with van der Waals surface area (Å²) in [4.78, 5) is 0.850. The lowest BCUT2D eigenvalue weighted by atomic mass is 10.3. The molecule has 0 saturated heterocycles. The lowest BCUT2D eigenvalue weighted by molar-refractivity contribution is 0.624. The van der Waals surface area contributed by atoms with Crippen LogP contribution in [0.5, 0.6) is 0 Å². The summed E-state index contributed by atoms with van der Waals surface area (Å²) in [5.41, 5.74) is 0. The Balaban J connectivity index is 3.07. The molecule has 0 bridgehead atoms. The summed E-state index contributed by atoms with van der Waals surface area (Å²) in [6.45, 7) is 0. The molecule has 3 heteroatoms. The van der Waals surface area contributed by atoms with E-state index in [2.05, 4.69) is 6.07 Å². The van der Waals surface area contributed by atoms with Crippen LogP contribution in [0.15, 0.2) is 17.0 Å². The fourth-order valence-corrected chi connectivity index (χ4v) is 1.40. The SMILES string of the molecule is CSc1c[c]c(F)cc1Cl. The molecular weight excluding hydrogens is 171 g/mol. The van der Waals surface area contributed by atoms with Gasteiger partial charge in [-0.1, -0.05) is 11.6 Å². The minimum absolute atomic E-state index is 0.414. The molecule has 0 atom stereocenters. The normalized spacial score (nSPS) is 9.90. The quantitative estimate of drug-likeness (QED) is 0.592. The number of hydrogen-bond acceptors (Lipinski definition) is 1. The number of rotatable bonds is 1. The Morgan fingerprint density at radius 1 is 1.70 bits per heavy atom. The predicted molar refractivity (Wildman–Crippen MR) is 42.0 cm³/mol. The lowest BCUT2D eigenvalue weighted by Crippen LogP contribution is -1.76. The first kappa shape index (κ1) is 7.89. The smallest absolute Gasteiger partial charge is 0.132 e. The van der Waals surface area contributed by atoms with Crippen LogP contribution in [0.4, 0.5) is 4.39 Å². The summed E-state index contributed by atoms with van der Waals surface area (Å²) in [7, 11) is 0. The highest BCUT2D eigenvalue weighted by Gasteiger charge is 1.98. The maximum absolute atomic E-state index is 12.3. The molecule has 0 aliphatic heterocycles. The molecule has 10 heavy (non-hydrogen) atoms. The summed E-state index contributed by atoms with van der Waals surface area (Å²) in [6, 6.07) is 5.22. The Bertz CT molecular complexity index is 237. The molecule has 53 valence electrons. The maximum atomic E-state index is 12.3. The van der Waals surface area contributed by atoms with Gasteiger partial charge >= 0.3 is 0 Å². The molecule has 0 N–H and O–H groups in total. The molecule has 0 heterocycles. The van der Waals surface area contributed by atoms with E-state index in [1.165, 1.54) is 17.8 Å². The zero-order chi connectivity index (χ0) is 7.56. The first-order valence-corrected chi connectivity index (χ1v) is 4.25. The second-order valence-electron chi connectivity index (χ2n) is 1.70. The van der Waals surface area contributed by atoms with Crippen LogP contribution >= 0.6 is 23.4 Å². The van der Waals surface area contributed by atoms with E-state index in [1.807, 2.05) is 6.26 Å².